The molecule has 0 saturated heterocycles. The van der Waals surface area contributed by atoms with E-state index in [0.717, 1.165) is 11.1 Å². The smallest absolute Gasteiger partial charge is 0.251 e. The quantitative estimate of drug-likeness (QED) is 0.416. The predicted octanol–water partition coefficient (Wildman–Crippen LogP) is 4.44. The molecule has 1 aliphatic carbocycles. The summed E-state index contributed by atoms with van der Waals surface area (Å²) < 4.78 is 20.5. The number of ether oxygens (including phenoxy) is 1. The number of hydrogen-bond donors (Lipinski definition) is 3. The highest BCUT2D eigenvalue weighted by Crippen LogP contribution is 2.55. The van der Waals surface area contributed by atoms with Crippen LogP contribution in [0.15, 0.2) is 54.6 Å². The van der Waals surface area contributed by atoms with E-state index in [4.69, 9.17) is 15.9 Å². The molecule has 1 fully saturated rings. The maximum atomic E-state index is 14.3. The zero-order valence-corrected chi connectivity index (χ0v) is 17.3. The van der Waals surface area contributed by atoms with Gasteiger partial charge in [-0.3, -0.25) is 10.2 Å². The molecule has 160 valence electrons. The van der Waals surface area contributed by atoms with Gasteiger partial charge in [-0.15, -0.1) is 0 Å². The molecule has 0 radical (unpaired) electrons. The summed E-state index contributed by atoms with van der Waals surface area (Å²) in [6.07, 6.45) is 2.32. The summed E-state index contributed by atoms with van der Waals surface area (Å²) in [5.74, 6) is -0.279. The minimum absolute atomic E-state index is 0.0517. The van der Waals surface area contributed by atoms with Crippen molar-refractivity contribution in [3.8, 4) is 0 Å². The van der Waals surface area contributed by atoms with E-state index in [1.807, 2.05) is 12.1 Å². The first-order valence-corrected chi connectivity index (χ1v) is 10.8. The third-order valence-electron chi connectivity index (χ3n) is 6.71. The summed E-state index contributed by atoms with van der Waals surface area (Å²) in [4.78, 5) is 12.8. The van der Waals surface area contributed by atoms with Gasteiger partial charge in [0.1, 0.15) is 23.9 Å². The van der Waals surface area contributed by atoms with Crippen molar-refractivity contribution in [3.05, 3.63) is 105 Å². The van der Waals surface area contributed by atoms with Gasteiger partial charge in [-0.05, 0) is 64.8 Å². The molecule has 6 heteroatoms. The van der Waals surface area contributed by atoms with Crippen molar-refractivity contribution in [2.45, 2.75) is 37.5 Å². The van der Waals surface area contributed by atoms with Crippen LogP contribution in [0, 0.1) is 11.2 Å². The van der Waals surface area contributed by atoms with Gasteiger partial charge in [-0.2, -0.15) is 0 Å². The van der Waals surface area contributed by atoms with Crippen LogP contribution in [0.3, 0.4) is 0 Å². The van der Waals surface area contributed by atoms with Gasteiger partial charge in [-0.25, -0.2) is 4.39 Å². The van der Waals surface area contributed by atoms with Crippen LogP contribution < -0.4 is 11.1 Å². The zero-order chi connectivity index (χ0) is 22.0. The van der Waals surface area contributed by atoms with Crippen LogP contribution in [0.4, 0.5) is 4.39 Å². The number of amides is 1. The summed E-state index contributed by atoms with van der Waals surface area (Å²) in [6.45, 7) is 0.0517. The number of carbonyl (C=O) groups excluding carboxylic acids is 1. The van der Waals surface area contributed by atoms with Crippen molar-refractivity contribution in [2.75, 3.05) is 0 Å². The summed E-state index contributed by atoms with van der Waals surface area (Å²) >= 11 is 0. The molecule has 2 unspecified atom stereocenters. The van der Waals surface area contributed by atoms with Gasteiger partial charge in [0, 0.05) is 23.2 Å². The van der Waals surface area contributed by atoms with Crippen LogP contribution in [0.5, 0.6) is 0 Å². The predicted molar refractivity (Wildman–Crippen MR) is 118 cm³/mol. The van der Waals surface area contributed by atoms with E-state index in [0.29, 0.717) is 22.6 Å². The Morgan fingerprint density at radius 2 is 1.66 bits per heavy atom. The van der Waals surface area contributed by atoms with Crippen molar-refractivity contribution in [1.29, 1.82) is 5.41 Å². The number of carbonyl (C=O) groups is 1. The highest BCUT2D eigenvalue weighted by atomic mass is 19.1. The third kappa shape index (κ3) is 3.02. The Labute approximate surface area is 184 Å². The fourth-order valence-corrected chi connectivity index (χ4v) is 4.81. The molecule has 32 heavy (non-hydrogen) atoms. The highest BCUT2D eigenvalue weighted by molar-refractivity contribution is 5.95. The highest BCUT2D eigenvalue weighted by Gasteiger charge is 2.43. The normalized spacial score (nSPS) is 20.0. The number of amidine groups is 1. The van der Waals surface area contributed by atoms with Crippen LogP contribution in [0.1, 0.15) is 80.3 Å². The Bertz CT molecular complexity index is 1300. The lowest BCUT2D eigenvalue weighted by molar-refractivity contribution is 0.0857. The molecule has 3 aromatic carbocycles. The summed E-state index contributed by atoms with van der Waals surface area (Å²) in [6, 6.07) is 16.7. The lowest BCUT2D eigenvalue weighted by atomic mass is 9.84. The molecule has 2 atom stereocenters. The summed E-state index contributed by atoms with van der Waals surface area (Å²) in [7, 11) is 0. The molecule has 6 rings (SSSR count). The van der Waals surface area contributed by atoms with E-state index >= 15 is 0 Å². The summed E-state index contributed by atoms with van der Waals surface area (Å²) in [5.41, 5.74) is 12.6. The second-order valence-corrected chi connectivity index (χ2v) is 8.81. The van der Waals surface area contributed by atoms with Crippen molar-refractivity contribution in [2.24, 2.45) is 5.73 Å². The Morgan fingerprint density at radius 1 is 0.969 bits per heavy atom. The van der Waals surface area contributed by atoms with E-state index in [-0.39, 0.29) is 30.5 Å². The molecule has 1 amide bonds. The summed E-state index contributed by atoms with van der Waals surface area (Å²) in [5, 5.41) is 10.2. The maximum absolute atomic E-state index is 14.3. The van der Waals surface area contributed by atoms with Crippen LogP contribution >= 0.6 is 0 Å². The van der Waals surface area contributed by atoms with Gasteiger partial charge in [0.25, 0.3) is 5.91 Å². The second-order valence-electron chi connectivity index (χ2n) is 8.81. The van der Waals surface area contributed by atoms with E-state index in [1.165, 1.54) is 41.7 Å². The van der Waals surface area contributed by atoms with E-state index in [9.17, 15) is 9.18 Å². The van der Waals surface area contributed by atoms with Gasteiger partial charge in [-0.1, -0.05) is 36.4 Å². The van der Waals surface area contributed by atoms with Crippen molar-refractivity contribution >= 4 is 11.7 Å². The molecule has 2 heterocycles. The lowest BCUT2D eigenvalue weighted by Crippen LogP contribution is -2.24. The second kappa shape index (κ2) is 7.00. The SMILES string of the molecule is N=C(N)c1ccc(CNC(=O)c2ccc3c(c2)C2OC3c3ccc(C4CC4)cc32)c(F)c1. The van der Waals surface area contributed by atoms with E-state index in [1.54, 1.807) is 12.1 Å². The molecule has 5 nitrogen and oxygen atoms in total. The molecule has 2 bridgehead atoms. The average molecular weight is 427 g/mol. The molecule has 4 N–H and O–H groups in total. The van der Waals surface area contributed by atoms with Gasteiger partial charge in [0.2, 0.25) is 0 Å². The molecule has 2 aliphatic heterocycles. The van der Waals surface area contributed by atoms with E-state index in [2.05, 4.69) is 23.5 Å². The van der Waals surface area contributed by atoms with Gasteiger partial charge < -0.3 is 15.8 Å². The molecule has 0 spiro atoms. The Hall–Kier alpha value is -3.51. The number of fused-ring (bicyclic) bond motifs is 8. The fraction of sp³-hybridized carbons (Fsp3) is 0.231. The number of nitrogens with one attached hydrogen (secondary N) is 2. The number of nitrogen functional groups attached to an aromatic ring is 1. The minimum atomic E-state index is -0.499. The van der Waals surface area contributed by atoms with Crippen LogP contribution in [-0.2, 0) is 11.3 Å². The van der Waals surface area contributed by atoms with Crippen LogP contribution in [0.25, 0.3) is 0 Å². The number of benzene rings is 3. The Morgan fingerprint density at radius 3 is 2.38 bits per heavy atom. The monoisotopic (exact) mass is 427 g/mol. The number of rotatable bonds is 5. The maximum Gasteiger partial charge on any atom is 0.251 e. The standard InChI is InChI=1S/C26H22FN3O2/c27-22-11-15(25(28)29)3-4-17(22)12-30-26(31)16-6-8-19-21(10-16)24-20-9-14(13-1-2-13)5-7-18(20)23(19)32-24/h3-11,13,23-24H,1-2,12H2,(H3,28,29)(H,30,31). The number of nitrogens with two attached hydrogens (primary N) is 1. The van der Waals surface area contributed by atoms with Crippen LogP contribution in [-0.4, -0.2) is 11.7 Å². The van der Waals surface area contributed by atoms with Gasteiger partial charge in [0.05, 0.1) is 0 Å². The van der Waals surface area contributed by atoms with Crippen molar-refractivity contribution in [3.63, 3.8) is 0 Å². The number of hydrogen-bond acceptors (Lipinski definition) is 3. The fourth-order valence-electron chi connectivity index (χ4n) is 4.81. The first-order chi connectivity index (χ1) is 15.5. The number of halogens is 1. The van der Waals surface area contributed by atoms with Gasteiger partial charge in [0.15, 0.2) is 0 Å². The molecule has 3 aromatic rings. The zero-order valence-electron chi connectivity index (χ0n) is 17.3. The molecule has 3 aliphatic rings. The first kappa shape index (κ1) is 19.2. The molecule has 0 aromatic heterocycles. The Kier molecular flexibility index (Phi) is 4.20. The topological polar surface area (TPSA) is 88.2 Å². The van der Waals surface area contributed by atoms with Crippen molar-refractivity contribution in [1.82, 2.24) is 5.32 Å². The minimum Gasteiger partial charge on any atom is -0.384 e. The van der Waals surface area contributed by atoms with Crippen LogP contribution in [0.2, 0.25) is 0 Å². The molecular formula is C26H22FN3O2. The molecular weight excluding hydrogens is 405 g/mol. The first-order valence-electron chi connectivity index (χ1n) is 10.8. The average Bonchev–Trinajstić information content (AvgIpc) is 3.50. The van der Waals surface area contributed by atoms with E-state index < -0.39 is 5.82 Å². The Balaban J connectivity index is 1.21. The van der Waals surface area contributed by atoms with Gasteiger partial charge >= 0.3 is 0 Å². The lowest BCUT2D eigenvalue weighted by Gasteiger charge is -2.17. The van der Waals surface area contributed by atoms with Crippen molar-refractivity contribution < 1.29 is 13.9 Å². The largest absolute Gasteiger partial charge is 0.384 e. The molecule has 1 saturated carbocycles. The third-order valence-corrected chi connectivity index (χ3v) is 6.71.